The monoisotopic (exact) mass is 292 g/mol. The van der Waals surface area contributed by atoms with Crippen molar-refractivity contribution in [2.24, 2.45) is 29.4 Å². The molecule has 0 bridgehead atoms. The van der Waals surface area contributed by atoms with Gasteiger partial charge in [0.05, 0.1) is 0 Å². The van der Waals surface area contributed by atoms with Gasteiger partial charge in [0.15, 0.2) is 0 Å². The van der Waals surface area contributed by atoms with Crippen LogP contribution in [0.3, 0.4) is 0 Å². The first-order valence-electron chi connectivity index (χ1n) is 9.60. The van der Waals surface area contributed by atoms with Gasteiger partial charge in [0.2, 0.25) is 0 Å². The largest absolute Gasteiger partial charge is 0.329 e. The zero-order valence-electron chi connectivity index (χ0n) is 14.3. The molecule has 0 amide bonds. The molecule has 0 aromatic carbocycles. The third-order valence-corrected chi connectivity index (χ3v) is 7.25. The lowest BCUT2D eigenvalue weighted by molar-refractivity contribution is -0.0222. The van der Waals surface area contributed by atoms with Crippen molar-refractivity contribution in [2.75, 3.05) is 19.6 Å². The number of piperidine rings is 1. The molecule has 3 fully saturated rings. The number of nitrogens with zero attached hydrogens (tertiary/aromatic N) is 1. The summed E-state index contributed by atoms with van der Waals surface area (Å²) in [6, 6.07) is 0. The molecule has 1 aliphatic heterocycles. The molecule has 2 heteroatoms. The van der Waals surface area contributed by atoms with Crippen LogP contribution in [-0.4, -0.2) is 30.1 Å². The highest BCUT2D eigenvalue weighted by atomic mass is 15.2. The topological polar surface area (TPSA) is 29.3 Å². The van der Waals surface area contributed by atoms with Gasteiger partial charge in [-0.15, -0.1) is 0 Å². The molecule has 2 saturated carbocycles. The van der Waals surface area contributed by atoms with Crippen molar-refractivity contribution in [3.63, 3.8) is 0 Å². The van der Waals surface area contributed by atoms with Gasteiger partial charge in [-0.05, 0) is 68.7 Å². The smallest absolute Gasteiger partial charge is 0.0332 e. The fourth-order valence-electron chi connectivity index (χ4n) is 5.53. The Morgan fingerprint density at radius 1 is 1.00 bits per heavy atom. The van der Waals surface area contributed by atoms with Crippen LogP contribution < -0.4 is 5.73 Å². The SMILES string of the molecule is CC(C)C1CCC(CN)(N2CCC3CCCCC3C2)CC1. The van der Waals surface area contributed by atoms with Crippen LogP contribution in [0.15, 0.2) is 0 Å². The van der Waals surface area contributed by atoms with Crippen molar-refractivity contribution in [3.8, 4) is 0 Å². The number of likely N-dealkylation sites (tertiary alicyclic amines) is 1. The molecule has 1 heterocycles. The van der Waals surface area contributed by atoms with E-state index in [2.05, 4.69) is 18.7 Å². The fourth-order valence-corrected chi connectivity index (χ4v) is 5.53. The van der Waals surface area contributed by atoms with Crippen LogP contribution in [-0.2, 0) is 0 Å². The average molecular weight is 293 g/mol. The second kappa shape index (κ2) is 6.58. The van der Waals surface area contributed by atoms with Crippen molar-refractivity contribution >= 4 is 0 Å². The Bertz CT molecular complexity index is 330. The molecule has 21 heavy (non-hydrogen) atoms. The van der Waals surface area contributed by atoms with Gasteiger partial charge in [-0.3, -0.25) is 4.90 Å². The second-order valence-corrected chi connectivity index (χ2v) is 8.55. The second-order valence-electron chi connectivity index (χ2n) is 8.55. The van der Waals surface area contributed by atoms with Gasteiger partial charge in [-0.1, -0.05) is 33.1 Å². The Morgan fingerprint density at radius 3 is 2.29 bits per heavy atom. The quantitative estimate of drug-likeness (QED) is 0.850. The molecule has 2 aliphatic carbocycles. The summed E-state index contributed by atoms with van der Waals surface area (Å²) < 4.78 is 0. The maximum Gasteiger partial charge on any atom is 0.0332 e. The lowest BCUT2D eigenvalue weighted by atomic mass is 9.69. The molecule has 2 N–H and O–H groups in total. The Kier molecular flexibility index (Phi) is 4.95. The van der Waals surface area contributed by atoms with Gasteiger partial charge >= 0.3 is 0 Å². The fraction of sp³-hybridized carbons (Fsp3) is 1.00. The van der Waals surface area contributed by atoms with Crippen molar-refractivity contribution in [3.05, 3.63) is 0 Å². The third-order valence-electron chi connectivity index (χ3n) is 7.25. The Morgan fingerprint density at radius 2 is 1.67 bits per heavy atom. The van der Waals surface area contributed by atoms with Gasteiger partial charge in [0.25, 0.3) is 0 Å². The summed E-state index contributed by atoms with van der Waals surface area (Å²) in [5.74, 6) is 3.82. The van der Waals surface area contributed by atoms with E-state index in [9.17, 15) is 0 Å². The molecule has 3 rings (SSSR count). The van der Waals surface area contributed by atoms with Crippen LogP contribution in [0, 0.1) is 23.7 Å². The summed E-state index contributed by atoms with van der Waals surface area (Å²) in [7, 11) is 0. The van der Waals surface area contributed by atoms with Crippen LogP contribution in [0.2, 0.25) is 0 Å². The number of fused-ring (bicyclic) bond motifs is 1. The number of hydrogen-bond acceptors (Lipinski definition) is 2. The third kappa shape index (κ3) is 3.17. The normalized spacial score (nSPS) is 42.0. The zero-order chi connectivity index (χ0) is 14.9. The highest BCUT2D eigenvalue weighted by Crippen LogP contribution is 2.43. The van der Waals surface area contributed by atoms with Crippen LogP contribution in [0.4, 0.5) is 0 Å². The molecule has 1 saturated heterocycles. The van der Waals surface area contributed by atoms with Gasteiger partial charge in [0.1, 0.15) is 0 Å². The maximum atomic E-state index is 6.32. The van der Waals surface area contributed by atoms with E-state index in [4.69, 9.17) is 5.73 Å². The van der Waals surface area contributed by atoms with E-state index in [0.29, 0.717) is 5.54 Å². The van der Waals surface area contributed by atoms with E-state index < -0.39 is 0 Å². The van der Waals surface area contributed by atoms with E-state index in [-0.39, 0.29) is 0 Å². The Balaban J connectivity index is 1.64. The molecule has 2 atom stereocenters. The minimum atomic E-state index is 0.355. The molecule has 2 nitrogen and oxygen atoms in total. The molecule has 3 aliphatic rings. The predicted molar refractivity (Wildman–Crippen MR) is 90.2 cm³/mol. The van der Waals surface area contributed by atoms with E-state index in [1.54, 1.807) is 0 Å². The van der Waals surface area contributed by atoms with E-state index in [0.717, 1.165) is 30.2 Å². The molecular weight excluding hydrogens is 256 g/mol. The summed E-state index contributed by atoms with van der Waals surface area (Å²) in [5, 5.41) is 0. The first-order valence-corrected chi connectivity index (χ1v) is 9.60. The van der Waals surface area contributed by atoms with Crippen LogP contribution >= 0.6 is 0 Å². The minimum absolute atomic E-state index is 0.355. The van der Waals surface area contributed by atoms with Crippen molar-refractivity contribution in [2.45, 2.75) is 77.2 Å². The molecule has 122 valence electrons. The number of hydrogen-bond donors (Lipinski definition) is 1. The summed E-state index contributed by atoms with van der Waals surface area (Å²) in [6.45, 7) is 8.36. The summed E-state index contributed by atoms with van der Waals surface area (Å²) in [5.41, 5.74) is 6.67. The molecule has 2 unspecified atom stereocenters. The highest BCUT2D eigenvalue weighted by Gasteiger charge is 2.43. The number of nitrogens with two attached hydrogens (primary N) is 1. The first kappa shape index (κ1) is 15.8. The zero-order valence-corrected chi connectivity index (χ0v) is 14.3. The van der Waals surface area contributed by atoms with E-state index in [1.165, 1.54) is 70.9 Å². The summed E-state index contributed by atoms with van der Waals surface area (Å²) >= 11 is 0. The molecular formula is C19H36N2. The standard InChI is InChI=1S/C19H36N2/c1-15(2)16-7-10-19(14-20,11-8-16)21-12-9-17-5-3-4-6-18(17)13-21/h15-18H,3-14,20H2,1-2H3. The van der Waals surface area contributed by atoms with E-state index in [1.807, 2.05) is 0 Å². The average Bonchev–Trinajstić information content (AvgIpc) is 2.54. The van der Waals surface area contributed by atoms with Crippen LogP contribution in [0.25, 0.3) is 0 Å². The predicted octanol–water partition coefficient (Wildman–Crippen LogP) is 4.04. The van der Waals surface area contributed by atoms with Gasteiger partial charge in [0, 0.05) is 18.6 Å². The van der Waals surface area contributed by atoms with Gasteiger partial charge < -0.3 is 5.73 Å². The molecule has 0 aromatic heterocycles. The first-order chi connectivity index (χ1) is 10.1. The molecule has 0 aromatic rings. The van der Waals surface area contributed by atoms with Crippen LogP contribution in [0.1, 0.15) is 71.6 Å². The molecule has 0 spiro atoms. The van der Waals surface area contributed by atoms with Gasteiger partial charge in [-0.2, -0.15) is 0 Å². The van der Waals surface area contributed by atoms with E-state index >= 15 is 0 Å². The minimum Gasteiger partial charge on any atom is -0.329 e. The van der Waals surface area contributed by atoms with Crippen LogP contribution in [0.5, 0.6) is 0 Å². The number of rotatable bonds is 3. The maximum absolute atomic E-state index is 6.32. The Labute approximate surface area is 131 Å². The lowest BCUT2D eigenvalue weighted by Gasteiger charge is -2.53. The summed E-state index contributed by atoms with van der Waals surface area (Å²) in [4.78, 5) is 2.84. The van der Waals surface area contributed by atoms with Crippen molar-refractivity contribution in [1.29, 1.82) is 0 Å². The van der Waals surface area contributed by atoms with Crippen molar-refractivity contribution < 1.29 is 0 Å². The summed E-state index contributed by atoms with van der Waals surface area (Å²) in [6.07, 6.45) is 12.9. The highest BCUT2D eigenvalue weighted by molar-refractivity contribution is 4.99. The Hall–Kier alpha value is -0.0800. The van der Waals surface area contributed by atoms with Gasteiger partial charge in [-0.25, -0.2) is 0 Å². The van der Waals surface area contributed by atoms with Crippen molar-refractivity contribution in [1.82, 2.24) is 4.90 Å². The lowest BCUT2D eigenvalue weighted by Crippen LogP contribution is -2.60. The molecule has 0 radical (unpaired) electrons.